The van der Waals surface area contributed by atoms with E-state index in [2.05, 4.69) is 10.3 Å². The summed E-state index contributed by atoms with van der Waals surface area (Å²) in [4.78, 5) is 17.2. The zero-order valence-electron chi connectivity index (χ0n) is 14.6. The third-order valence-corrected chi connectivity index (χ3v) is 5.72. The Kier molecular flexibility index (Phi) is 5.58. The van der Waals surface area contributed by atoms with Crippen molar-refractivity contribution in [2.45, 2.75) is 43.9 Å². The molecule has 1 aromatic carbocycles. The molecule has 0 saturated heterocycles. The van der Waals surface area contributed by atoms with Gasteiger partial charge in [-0.05, 0) is 43.4 Å². The Bertz CT molecular complexity index is 706. The van der Waals surface area contributed by atoms with Crippen molar-refractivity contribution in [3.8, 4) is 5.75 Å². The largest absolute Gasteiger partial charge is 0.497 e. The molecule has 0 spiro atoms. The lowest BCUT2D eigenvalue weighted by atomic mass is 9.78. The quantitative estimate of drug-likeness (QED) is 0.744. The summed E-state index contributed by atoms with van der Waals surface area (Å²) in [5.74, 6) is 0.966. The van der Waals surface area contributed by atoms with Gasteiger partial charge in [-0.2, -0.15) is 0 Å². The number of amides is 1. The lowest BCUT2D eigenvalue weighted by Gasteiger charge is -2.28. The Labute approximate surface area is 152 Å². The van der Waals surface area contributed by atoms with Crippen molar-refractivity contribution in [2.75, 3.05) is 19.4 Å². The summed E-state index contributed by atoms with van der Waals surface area (Å²) in [6.07, 6.45) is 5.72. The molecule has 0 radical (unpaired) electrons. The zero-order chi connectivity index (χ0) is 17.7. The molecule has 1 saturated carbocycles. The van der Waals surface area contributed by atoms with E-state index in [4.69, 9.17) is 10.5 Å². The normalized spacial score (nSPS) is 15.9. The first-order chi connectivity index (χ1) is 12.1. The molecule has 3 N–H and O–H groups in total. The van der Waals surface area contributed by atoms with Gasteiger partial charge in [0.2, 0.25) is 5.91 Å². The molecule has 1 aliphatic carbocycles. The monoisotopic (exact) mass is 359 g/mol. The number of ether oxygens (including phenoxy) is 1. The van der Waals surface area contributed by atoms with E-state index in [9.17, 15) is 4.79 Å². The van der Waals surface area contributed by atoms with Gasteiger partial charge in [-0.1, -0.05) is 25.0 Å². The van der Waals surface area contributed by atoms with E-state index in [-0.39, 0.29) is 5.91 Å². The van der Waals surface area contributed by atoms with Gasteiger partial charge in [0.25, 0.3) is 0 Å². The molecule has 0 bridgehead atoms. The number of benzene rings is 1. The van der Waals surface area contributed by atoms with Crippen molar-refractivity contribution < 1.29 is 9.53 Å². The van der Waals surface area contributed by atoms with E-state index >= 15 is 0 Å². The Morgan fingerprint density at radius 2 is 2.04 bits per heavy atom. The van der Waals surface area contributed by atoms with Crippen LogP contribution in [-0.4, -0.2) is 24.5 Å². The van der Waals surface area contributed by atoms with Gasteiger partial charge >= 0.3 is 0 Å². The summed E-state index contributed by atoms with van der Waals surface area (Å²) in [6, 6.07) is 7.94. The topological polar surface area (TPSA) is 77.2 Å². The highest BCUT2D eigenvalue weighted by Gasteiger charge is 2.42. The Hall–Kier alpha value is -2.08. The van der Waals surface area contributed by atoms with Crippen LogP contribution in [0.25, 0.3) is 0 Å². The molecule has 25 heavy (non-hydrogen) atoms. The van der Waals surface area contributed by atoms with Crippen LogP contribution < -0.4 is 15.8 Å². The van der Waals surface area contributed by atoms with Crippen molar-refractivity contribution in [1.29, 1.82) is 0 Å². The lowest BCUT2D eigenvalue weighted by molar-refractivity contribution is -0.126. The minimum Gasteiger partial charge on any atom is -0.497 e. The average Bonchev–Trinajstić information content (AvgIpc) is 3.28. The predicted molar refractivity (Wildman–Crippen MR) is 101 cm³/mol. The number of nitrogens with zero attached hydrogens (tertiary/aromatic N) is 1. The summed E-state index contributed by atoms with van der Waals surface area (Å²) in [5, 5.41) is 5.72. The zero-order valence-corrected chi connectivity index (χ0v) is 15.4. The number of carbonyl (C=O) groups excluding carboxylic acids is 1. The second-order valence-electron chi connectivity index (χ2n) is 6.55. The van der Waals surface area contributed by atoms with Crippen LogP contribution in [0.15, 0.2) is 29.6 Å². The van der Waals surface area contributed by atoms with Crippen LogP contribution >= 0.6 is 11.3 Å². The Balaban J connectivity index is 1.60. The SMILES string of the molecule is COc1ccc(C2(C(=O)NCCCc3csc(N)n3)CCCC2)cc1. The number of rotatable bonds is 7. The molecule has 2 aromatic rings. The minimum absolute atomic E-state index is 0.146. The van der Waals surface area contributed by atoms with Crippen LogP contribution in [0.5, 0.6) is 5.75 Å². The van der Waals surface area contributed by atoms with Gasteiger partial charge in [0.1, 0.15) is 5.75 Å². The highest BCUT2D eigenvalue weighted by atomic mass is 32.1. The number of hydrogen-bond acceptors (Lipinski definition) is 5. The first-order valence-electron chi connectivity index (χ1n) is 8.77. The summed E-state index contributed by atoms with van der Waals surface area (Å²) < 4.78 is 5.23. The molecule has 1 aliphatic rings. The summed E-state index contributed by atoms with van der Waals surface area (Å²) in [7, 11) is 1.66. The predicted octanol–water partition coefficient (Wildman–Crippen LogP) is 3.29. The van der Waals surface area contributed by atoms with Gasteiger partial charge in [0.15, 0.2) is 5.13 Å². The van der Waals surface area contributed by atoms with Crippen LogP contribution in [0.3, 0.4) is 0 Å². The van der Waals surface area contributed by atoms with Crippen molar-refractivity contribution >= 4 is 22.4 Å². The number of thiazole rings is 1. The number of methoxy groups -OCH3 is 1. The third-order valence-electron chi connectivity index (χ3n) is 5.00. The summed E-state index contributed by atoms with van der Waals surface area (Å²) in [6.45, 7) is 0.661. The maximum atomic E-state index is 13.0. The fourth-order valence-corrected chi connectivity index (χ4v) is 4.21. The van der Waals surface area contributed by atoms with E-state index < -0.39 is 5.41 Å². The molecular weight excluding hydrogens is 334 g/mol. The van der Waals surface area contributed by atoms with Gasteiger partial charge in [0, 0.05) is 11.9 Å². The number of carbonyl (C=O) groups is 1. The molecular formula is C19H25N3O2S. The number of aryl methyl sites for hydroxylation is 1. The first-order valence-corrected chi connectivity index (χ1v) is 9.65. The second-order valence-corrected chi connectivity index (χ2v) is 7.44. The molecule has 6 heteroatoms. The van der Waals surface area contributed by atoms with Crippen LogP contribution in [-0.2, 0) is 16.6 Å². The first kappa shape index (κ1) is 17.7. The molecule has 0 atom stereocenters. The third kappa shape index (κ3) is 3.95. The van der Waals surface area contributed by atoms with Crippen molar-refractivity contribution in [1.82, 2.24) is 10.3 Å². The number of nitrogens with one attached hydrogen (secondary N) is 1. The number of nitrogens with two attached hydrogens (primary N) is 1. The van der Waals surface area contributed by atoms with Gasteiger partial charge in [-0.15, -0.1) is 11.3 Å². The smallest absolute Gasteiger partial charge is 0.230 e. The molecule has 134 valence electrons. The van der Waals surface area contributed by atoms with Crippen LogP contribution in [0, 0.1) is 0 Å². The second kappa shape index (κ2) is 7.87. The number of aromatic nitrogens is 1. The molecule has 3 rings (SSSR count). The molecule has 0 aliphatic heterocycles. The van der Waals surface area contributed by atoms with Gasteiger partial charge < -0.3 is 15.8 Å². The highest BCUT2D eigenvalue weighted by molar-refractivity contribution is 7.13. The van der Waals surface area contributed by atoms with E-state index in [1.54, 1.807) is 7.11 Å². The van der Waals surface area contributed by atoms with E-state index in [0.717, 1.165) is 55.5 Å². The maximum absolute atomic E-state index is 13.0. The Morgan fingerprint density at radius 1 is 1.32 bits per heavy atom. The minimum atomic E-state index is -0.392. The molecule has 1 amide bonds. The highest BCUT2D eigenvalue weighted by Crippen LogP contribution is 2.41. The number of hydrogen-bond donors (Lipinski definition) is 2. The van der Waals surface area contributed by atoms with E-state index in [0.29, 0.717) is 11.7 Å². The maximum Gasteiger partial charge on any atom is 0.230 e. The molecule has 1 aromatic heterocycles. The fraction of sp³-hybridized carbons (Fsp3) is 0.474. The lowest BCUT2D eigenvalue weighted by Crippen LogP contribution is -2.43. The summed E-state index contributed by atoms with van der Waals surface area (Å²) >= 11 is 1.46. The molecule has 0 unspecified atom stereocenters. The standard InChI is InChI=1S/C19H25N3O2S/c1-24-16-8-6-14(7-9-16)19(10-2-3-11-19)17(23)21-12-4-5-15-13-25-18(20)22-15/h6-9,13H,2-5,10-12H2,1H3,(H2,20,22)(H,21,23). The van der Waals surface area contributed by atoms with Crippen molar-refractivity contribution in [3.05, 3.63) is 40.9 Å². The van der Waals surface area contributed by atoms with Crippen LogP contribution in [0.2, 0.25) is 0 Å². The summed E-state index contributed by atoms with van der Waals surface area (Å²) in [5.41, 5.74) is 7.35. The van der Waals surface area contributed by atoms with Crippen LogP contribution in [0.4, 0.5) is 5.13 Å². The van der Waals surface area contributed by atoms with Gasteiger partial charge in [-0.3, -0.25) is 4.79 Å². The molecule has 5 nitrogen and oxygen atoms in total. The number of nitrogen functional groups attached to an aromatic ring is 1. The van der Waals surface area contributed by atoms with Crippen molar-refractivity contribution in [3.63, 3.8) is 0 Å². The Morgan fingerprint density at radius 3 is 2.64 bits per heavy atom. The van der Waals surface area contributed by atoms with E-state index in [1.165, 1.54) is 11.3 Å². The average molecular weight is 359 g/mol. The van der Waals surface area contributed by atoms with Gasteiger partial charge in [-0.25, -0.2) is 4.98 Å². The van der Waals surface area contributed by atoms with E-state index in [1.807, 2.05) is 29.6 Å². The van der Waals surface area contributed by atoms with Crippen molar-refractivity contribution in [2.24, 2.45) is 0 Å². The van der Waals surface area contributed by atoms with Crippen LogP contribution in [0.1, 0.15) is 43.4 Å². The molecule has 1 heterocycles. The fourth-order valence-electron chi connectivity index (χ4n) is 3.61. The number of anilines is 1. The van der Waals surface area contributed by atoms with Gasteiger partial charge in [0.05, 0.1) is 18.2 Å². The molecule has 1 fully saturated rings.